The summed E-state index contributed by atoms with van der Waals surface area (Å²) in [6.45, 7) is 0. The lowest BCUT2D eigenvalue weighted by molar-refractivity contribution is -0.384. The summed E-state index contributed by atoms with van der Waals surface area (Å²) in [7, 11) is 1.30. The summed E-state index contributed by atoms with van der Waals surface area (Å²) in [4.78, 5) is 22.3. The van der Waals surface area contributed by atoms with E-state index in [1.165, 1.54) is 37.4 Å². The van der Waals surface area contributed by atoms with E-state index in [1.807, 2.05) is 0 Å². The van der Waals surface area contributed by atoms with Crippen LogP contribution in [-0.4, -0.2) is 23.4 Å². The number of carbonyl (C=O) groups is 1. The zero-order chi connectivity index (χ0) is 18.6. The monoisotopic (exact) mass is 372 g/mol. The van der Waals surface area contributed by atoms with Crippen LogP contribution in [0.15, 0.2) is 47.4 Å². The lowest BCUT2D eigenvalue weighted by Crippen LogP contribution is -2.15. The van der Waals surface area contributed by atoms with Crippen molar-refractivity contribution in [1.82, 2.24) is 0 Å². The van der Waals surface area contributed by atoms with E-state index < -0.39 is 28.1 Å². The molecule has 0 saturated heterocycles. The largest absolute Gasteiger partial charge is 0.495 e. The molecule has 0 aromatic heterocycles. The molecule has 132 valence electrons. The number of hydrogen-bond acceptors (Lipinski definition) is 5. The number of rotatable bonds is 5. The number of nitrogens with one attached hydrogen (secondary N) is 1. The summed E-state index contributed by atoms with van der Waals surface area (Å²) in [5, 5.41) is 13.2. The Morgan fingerprint density at radius 2 is 1.92 bits per heavy atom. The van der Waals surface area contributed by atoms with Crippen LogP contribution in [-0.2, 0) is 0 Å². The summed E-state index contributed by atoms with van der Waals surface area (Å²) in [6.07, 6.45) is 0. The van der Waals surface area contributed by atoms with Crippen molar-refractivity contribution in [2.75, 3.05) is 12.4 Å². The van der Waals surface area contributed by atoms with Gasteiger partial charge in [-0.3, -0.25) is 14.9 Å². The fourth-order valence-electron chi connectivity index (χ4n) is 1.96. The first-order valence-corrected chi connectivity index (χ1v) is 7.51. The van der Waals surface area contributed by atoms with Crippen LogP contribution < -0.4 is 10.1 Å². The molecule has 25 heavy (non-hydrogen) atoms. The van der Waals surface area contributed by atoms with Crippen LogP contribution in [0.1, 0.15) is 10.4 Å². The van der Waals surface area contributed by atoms with Gasteiger partial charge in [0.05, 0.1) is 23.3 Å². The van der Waals surface area contributed by atoms with Gasteiger partial charge in [-0.2, -0.15) is 13.2 Å². The molecule has 0 spiro atoms. The number of anilines is 1. The number of amides is 1. The molecule has 0 saturated carbocycles. The molecule has 2 aromatic rings. The first-order valence-electron chi connectivity index (χ1n) is 6.70. The molecule has 10 heteroatoms. The number of nitro groups is 1. The fourth-order valence-corrected chi connectivity index (χ4v) is 2.63. The number of thioether (sulfide) groups is 1. The molecule has 1 N–H and O–H groups in total. The summed E-state index contributed by atoms with van der Waals surface area (Å²) in [5.74, 6) is -0.703. The topological polar surface area (TPSA) is 81.5 Å². The normalized spacial score (nSPS) is 11.0. The summed E-state index contributed by atoms with van der Waals surface area (Å²) < 4.78 is 42.8. The number of benzene rings is 2. The molecular formula is C15H11F3N2O4S. The zero-order valence-electron chi connectivity index (χ0n) is 12.7. The van der Waals surface area contributed by atoms with Gasteiger partial charge in [0.25, 0.3) is 11.6 Å². The van der Waals surface area contributed by atoms with Gasteiger partial charge in [0.1, 0.15) is 5.75 Å². The van der Waals surface area contributed by atoms with E-state index >= 15 is 0 Å². The van der Waals surface area contributed by atoms with Gasteiger partial charge >= 0.3 is 5.51 Å². The minimum absolute atomic E-state index is 0.0199. The number of methoxy groups -OCH3 is 1. The third-order valence-corrected chi connectivity index (χ3v) is 3.81. The molecule has 0 atom stereocenters. The van der Waals surface area contributed by atoms with Gasteiger partial charge in [-0.25, -0.2) is 0 Å². The molecule has 0 bridgehead atoms. The van der Waals surface area contributed by atoms with Crippen molar-refractivity contribution in [2.45, 2.75) is 10.4 Å². The number of ether oxygens (including phenoxy) is 1. The number of nitrogens with zero attached hydrogens (tertiary/aromatic N) is 1. The van der Waals surface area contributed by atoms with Crippen LogP contribution in [0.3, 0.4) is 0 Å². The molecule has 6 nitrogen and oxygen atoms in total. The predicted octanol–water partition coefficient (Wildman–Crippen LogP) is 4.47. The van der Waals surface area contributed by atoms with Crippen molar-refractivity contribution in [1.29, 1.82) is 0 Å². The van der Waals surface area contributed by atoms with Crippen molar-refractivity contribution in [3.63, 3.8) is 0 Å². The molecule has 0 aliphatic rings. The molecule has 0 heterocycles. The highest BCUT2D eigenvalue weighted by molar-refractivity contribution is 8.00. The number of carbonyl (C=O) groups excluding carboxylic acids is 1. The average molecular weight is 372 g/mol. The van der Waals surface area contributed by atoms with Crippen molar-refractivity contribution >= 4 is 29.0 Å². The van der Waals surface area contributed by atoms with Crippen LogP contribution in [0.4, 0.5) is 24.5 Å². The van der Waals surface area contributed by atoms with Gasteiger partial charge in [-0.1, -0.05) is 12.1 Å². The first kappa shape index (κ1) is 18.6. The molecular weight excluding hydrogens is 361 g/mol. The van der Waals surface area contributed by atoms with Crippen LogP contribution in [0.5, 0.6) is 5.75 Å². The van der Waals surface area contributed by atoms with Crippen LogP contribution in [0, 0.1) is 10.1 Å². The Balaban J connectivity index is 2.35. The van der Waals surface area contributed by atoms with Gasteiger partial charge in [-0.15, -0.1) is 0 Å². The quantitative estimate of drug-likeness (QED) is 0.476. The predicted molar refractivity (Wildman–Crippen MR) is 86.0 cm³/mol. The second-order valence-corrected chi connectivity index (χ2v) is 5.75. The maximum Gasteiger partial charge on any atom is 0.446 e. The summed E-state index contributed by atoms with van der Waals surface area (Å²) in [6, 6.07) is 8.71. The van der Waals surface area contributed by atoms with Crippen LogP contribution in [0.25, 0.3) is 0 Å². The SMILES string of the molecule is COc1ccc([N+](=O)[O-])cc1NC(=O)c1ccccc1SC(F)(F)F. The third kappa shape index (κ3) is 4.86. The van der Waals surface area contributed by atoms with E-state index in [2.05, 4.69) is 5.32 Å². The van der Waals surface area contributed by atoms with E-state index in [4.69, 9.17) is 4.74 Å². The maximum atomic E-state index is 12.6. The third-order valence-electron chi connectivity index (χ3n) is 3.00. The maximum absolute atomic E-state index is 12.6. The lowest BCUT2D eigenvalue weighted by atomic mass is 10.2. The Hall–Kier alpha value is -2.75. The highest BCUT2D eigenvalue weighted by atomic mass is 32.2. The average Bonchev–Trinajstić information content (AvgIpc) is 2.53. The van der Waals surface area contributed by atoms with Gasteiger partial charge in [0, 0.05) is 17.0 Å². The summed E-state index contributed by atoms with van der Waals surface area (Å²) >= 11 is -0.416. The molecule has 0 unspecified atom stereocenters. The molecule has 1 amide bonds. The minimum Gasteiger partial charge on any atom is -0.495 e. The fraction of sp³-hybridized carbons (Fsp3) is 0.133. The Bertz CT molecular complexity index is 812. The smallest absolute Gasteiger partial charge is 0.446 e. The Labute approximate surface area is 144 Å². The van der Waals surface area contributed by atoms with E-state index in [9.17, 15) is 28.1 Å². The summed E-state index contributed by atoms with van der Waals surface area (Å²) in [5.41, 5.74) is -5.08. The molecule has 2 aromatic carbocycles. The van der Waals surface area contributed by atoms with Gasteiger partial charge in [-0.05, 0) is 30.0 Å². The van der Waals surface area contributed by atoms with Crippen molar-refractivity contribution in [3.8, 4) is 5.75 Å². The number of non-ortho nitro benzene ring substituents is 1. The van der Waals surface area contributed by atoms with E-state index in [0.29, 0.717) is 0 Å². The lowest BCUT2D eigenvalue weighted by Gasteiger charge is -2.13. The standard InChI is InChI=1S/C15H11F3N2O4S/c1-24-12-7-6-9(20(22)23)8-11(12)19-14(21)10-4-2-3-5-13(10)25-15(16,17)18/h2-8H,1H3,(H,19,21). The van der Waals surface area contributed by atoms with E-state index in [0.717, 1.165) is 12.1 Å². The van der Waals surface area contributed by atoms with Gasteiger partial charge in [0.2, 0.25) is 0 Å². The van der Waals surface area contributed by atoms with Crippen LogP contribution in [0.2, 0.25) is 0 Å². The molecule has 0 aliphatic heterocycles. The highest BCUT2D eigenvalue weighted by Crippen LogP contribution is 2.39. The minimum atomic E-state index is -4.56. The second-order valence-electron chi connectivity index (χ2n) is 4.64. The first-order chi connectivity index (χ1) is 11.7. The molecule has 0 fully saturated rings. The Kier molecular flexibility index (Phi) is 5.52. The number of halogens is 3. The zero-order valence-corrected chi connectivity index (χ0v) is 13.5. The molecule has 0 radical (unpaired) electrons. The highest BCUT2D eigenvalue weighted by Gasteiger charge is 2.31. The number of hydrogen-bond donors (Lipinski definition) is 1. The van der Waals surface area contributed by atoms with Crippen molar-refractivity contribution in [3.05, 3.63) is 58.1 Å². The Morgan fingerprint density at radius 1 is 1.24 bits per heavy atom. The number of alkyl halides is 3. The molecule has 0 aliphatic carbocycles. The van der Waals surface area contributed by atoms with Crippen molar-refractivity contribution < 1.29 is 27.6 Å². The van der Waals surface area contributed by atoms with Crippen molar-refractivity contribution in [2.24, 2.45) is 0 Å². The van der Waals surface area contributed by atoms with E-state index in [-0.39, 0.29) is 27.6 Å². The molecule has 2 rings (SSSR count). The van der Waals surface area contributed by atoms with E-state index in [1.54, 1.807) is 0 Å². The van der Waals surface area contributed by atoms with Crippen LogP contribution >= 0.6 is 11.8 Å². The Morgan fingerprint density at radius 3 is 2.52 bits per heavy atom. The second kappa shape index (κ2) is 7.43. The number of nitro benzene ring substituents is 1. The van der Waals surface area contributed by atoms with Gasteiger partial charge < -0.3 is 10.1 Å². The van der Waals surface area contributed by atoms with Gasteiger partial charge in [0.15, 0.2) is 0 Å².